The summed E-state index contributed by atoms with van der Waals surface area (Å²) < 4.78 is 0. The van der Waals surface area contributed by atoms with Crippen LogP contribution >= 0.6 is 0 Å². The van der Waals surface area contributed by atoms with Crippen LogP contribution in [0.4, 0.5) is 0 Å². The quantitative estimate of drug-likeness (QED) is 0.0669. The topological polar surface area (TPSA) is 38.0 Å². The van der Waals surface area contributed by atoms with Crippen molar-refractivity contribution in [2.45, 2.75) is 232 Å². The van der Waals surface area contributed by atoms with E-state index in [0.717, 1.165) is 12.5 Å². The monoisotopic (exact) mass is 747 g/mol. The van der Waals surface area contributed by atoms with Gasteiger partial charge in [-0.1, -0.05) is 261 Å². The third-order valence-electron chi connectivity index (χ3n) is 11.4. The van der Waals surface area contributed by atoms with Crippen LogP contribution in [0.2, 0.25) is 0 Å². The zero-order valence-corrected chi connectivity index (χ0v) is 36.6. The van der Waals surface area contributed by atoms with Gasteiger partial charge in [-0.05, 0) is 68.8 Å². The van der Waals surface area contributed by atoms with Gasteiger partial charge in [0, 0.05) is 0 Å². The van der Waals surface area contributed by atoms with E-state index in [2.05, 4.69) is 72.9 Å². The Morgan fingerprint density at radius 3 is 0.926 bits per heavy atom. The van der Waals surface area contributed by atoms with Gasteiger partial charge in [0.1, 0.15) is 0 Å². The second kappa shape index (κ2) is 42.5. The van der Waals surface area contributed by atoms with E-state index in [1.54, 1.807) is 0 Å². The lowest BCUT2D eigenvalue weighted by molar-refractivity contribution is 0.444. The second-order valence-corrected chi connectivity index (χ2v) is 16.8. The van der Waals surface area contributed by atoms with Crippen molar-refractivity contribution in [1.82, 2.24) is 5.32 Å². The largest absolute Gasteiger partial charge is 0.331 e. The predicted molar refractivity (Wildman–Crippen MR) is 245 cm³/mol. The van der Waals surface area contributed by atoms with Gasteiger partial charge in [-0.3, -0.25) is 0 Å². The molecule has 0 spiro atoms. The number of benzene rings is 2. The molecular weight excluding hydrogens is 653 g/mol. The van der Waals surface area contributed by atoms with E-state index in [-0.39, 0.29) is 0 Å². The van der Waals surface area contributed by atoms with Crippen molar-refractivity contribution >= 4 is 0 Å². The predicted octanol–water partition coefficient (Wildman–Crippen LogP) is 16.1. The third-order valence-corrected chi connectivity index (χ3v) is 11.4. The van der Waals surface area contributed by atoms with Crippen molar-refractivity contribution in [1.29, 1.82) is 0 Å². The normalized spacial score (nSPS) is 11.3. The van der Waals surface area contributed by atoms with Crippen molar-refractivity contribution < 1.29 is 0 Å². The van der Waals surface area contributed by atoms with Crippen LogP contribution in [0.15, 0.2) is 60.7 Å². The molecule has 0 bridgehead atoms. The summed E-state index contributed by atoms with van der Waals surface area (Å²) in [6, 6.07) is 22.3. The summed E-state index contributed by atoms with van der Waals surface area (Å²) >= 11 is 0. The summed E-state index contributed by atoms with van der Waals surface area (Å²) in [6.07, 6.45) is 48.7. The maximum absolute atomic E-state index is 4.85. The van der Waals surface area contributed by atoms with E-state index < -0.39 is 0 Å². The lowest BCUT2D eigenvalue weighted by Crippen LogP contribution is -2.16. The van der Waals surface area contributed by atoms with Gasteiger partial charge < -0.3 is 11.1 Å². The molecular formula is C52H94N2. The Morgan fingerprint density at radius 2 is 0.630 bits per heavy atom. The molecule has 0 aliphatic carbocycles. The molecule has 0 heterocycles. The number of rotatable bonds is 39. The van der Waals surface area contributed by atoms with E-state index in [9.17, 15) is 0 Å². The Kier molecular flexibility index (Phi) is 39.7. The van der Waals surface area contributed by atoms with Crippen LogP contribution in [0, 0.1) is 5.92 Å². The van der Waals surface area contributed by atoms with Crippen LogP contribution in [-0.2, 0) is 12.8 Å². The van der Waals surface area contributed by atoms with Crippen LogP contribution in [0.1, 0.15) is 230 Å². The SMILES string of the molecule is CCCCCCCCCCCCCCCCCCNCCCCCCCCCCCCCCCCCC(Cc1ccccc1)Cc1ccccc1.CCN. The molecule has 2 nitrogen and oxygen atoms in total. The summed E-state index contributed by atoms with van der Waals surface area (Å²) in [5, 5.41) is 3.70. The Morgan fingerprint density at radius 1 is 0.370 bits per heavy atom. The number of nitrogens with two attached hydrogens (primary N) is 1. The van der Waals surface area contributed by atoms with Gasteiger partial charge >= 0.3 is 0 Å². The Balaban J connectivity index is 0.00000469. The summed E-state index contributed by atoms with van der Waals surface area (Å²) in [7, 11) is 0. The van der Waals surface area contributed by atoms with Gasteiger partial charge in [0.15, 0.2) is 0 Å². The molecule has 0 unspecified atom stereocenters. The van der Waals surface area contributed by atoms with Crippen molar-refractivity contribution in [3.63, 3.8) is 0 Å². The molecule has 0 saturated heterocycles. The van der Waals surface area contributed by atoms with Gasteiger partial charge in [0.05, 0.1) is 0 Å². The van der Waals surface area contributed by atoms with Crippen LogP contribution in [0.5, 0.6) is 0 Å². The lowest BCUT2D eigenvalue weighted by Gasteiger charge is -2.17. The van der Waals surface area contributed by atoms with Crippen molar-refractivity contribution in [3.8, 4) is 0 Å². The molecule has 0 saturated carbocycles. The van der Waals surface area contributed by atoms with E-state index in [4.69, 9.17) is 5.73 Å². The average molecular weight is 747 g/mol. The van der Waals surface area contributed by atoms with E-state index >= 15 is 0 Å². The van der Waals surface area contributed by atoms with Gasteiger partial charge in [0.2, 0.25) is 0 Å². The minimum Gasteiger partial charge on any atom is -0.331 e. The summed E-state index contributed by atoms with van der Waals surface area (Å²) in [5.41, 5.74) is 7.84. The smallest absolute Gasteiger partial charge is 0.00489 e. The average Bonchev–Trinajstić information content (AvgIpc) is 3.19. The van der Waals surface area contributed by atoms with Crippen LogP contribution in [0.25, 0.3) is 0 Å². The molecule has 0 aliphatic rings. The Hall–Kier alpha value is -1.64. The Labute approximate surface area is 339 Å². The van der Waals surface area contributed by atoms with Crippen LogP contribution in [-0.4, -0.2) is 19.6 Å². The third kappa shape index (κ3) is 36.0. The lowest BCUT2D eigenvalue weighted by atomic mass is 9.88. The fourth-order valence-electron chi connectivity index (χ4n) is 8.08. The van der Waals surface area contributed by atoms with Crippen molar-refractivity contribution in [2.24, 2.45) is 11.7 Å². The summed E-state index contributed by atoms with van der Waals surface area (Å²) in [6.45, 7) is 7.44. The van der Waals surface area contributed by atoms with Crippen molar-refractivity contribution in [3.05, 3.63) is 71.8 Å². The second-order valence-electron chi connectivity index (χ2n) is 16.8. The molecule has 2 heteroatoms. The molecule has 312 valence electrons. The van der Waals surface area contributed by atoms with E-state index in [0.29, 0.717) is 0 Å². The minimum absolute atomic E-state index is 0.750. The molecule has 0 amide bonds. The number of nitrogens with one attached hydrogen (secondary N) is 1. The molecule has 2 aromatic rings. The number of hydrogen-bond acceptors (Lipinski definition) is 2. The molecule has 0 fully saturated rings. The van der Waals surface area contributed by atoms with E-state index in [1.165, 1.54) is 243 Å². The first kappa shape index (κ1) is 50.4. The highest BCUT2D eigenvalue weighted by atomic mass is 14.8. The fraction of sp³-hybridized carbons (Fsp3) is 0.769. The van der Waals surface area contributed by atoms with Gasteiger partial charge in [-0.2, -0.15) is 0 Å². The first-order chi connectivity index (χ1) is 26.8. The maximum Gasteiger partial charge on any atom is -0.00489 e. The van der Waals surface area contributed by atoms with Crippen molar-refractivity contribution in [2.75, 3.05) is 19.6 Å². The first-order valence-corrected chi connectivity index (χ1v) is 24.3. The maximum atomic E-state index is 4.85. The molecule has 3 N–H and O–H groups in total. The van der Waals surface area contributed by atoms with Crippen LogP contribution in [0.3, 0.4) is 0 Å². The highest BCUT2D eigenvalue weighted by molar-refractivity contribution is 5.18. The minimum atomic E-state index is 0.750. The molecule has 2 rings (SSSR count). The Bertz CT molecular complexity index is 902. The highest BCUT2D eigenvalue weighted by Crippen LogP contribution is 2.22. The molecule has 0 atom stereocenters. The standard InChI is InChI=1S/C50H87N.C2H7N/c1-2-3-4-5-6-7-8-9-10-13-16-19-22-25-28-37-44-51-45-38-29-26-23-20-17-14-11-12-15-18-21-24-27-32-43-50(46-48-39-33-30-34-40-48)47-49-41-35-31-36-42-49;1-2-3/h30-31,33-36,39-42,50-51H,2-29,32,37-38,43-47H2,1H3;2-3H2,1H3. The zero-order chi connectivity index (χ0) is 38.7. The van der Waals surface area contributed by atoms with E-state index in [1.807, 2.05) is 6.92 Å². The number of hydrogen-bond donors (Lipinski definition) is 2. The molecule has 54 heavy (non-hydrogen) atoms. The zero-order valence-electron chi connectivity index (χ0n) is 36.6. The molecule has 0 aliphatic heterocycles. The fourth-order valence-corrected chi connectivity index (χ4v) is 8.08. The van der Waals surface area contributed by atoms with Crippen LogP contribution < -0.4 is 11.1 Å². The van der Waals surface area contributed by atoms with Gasteiger partial charge in [0.25, 0.3) is 0 Å². The molecule has 0 radical (unpaired) electrons. The first-order valence-electron chi connectivity index (χ1n) is 24.3. The highest BCUT2D eigenvalue weighted by Gasteiger charge is 2.11. The summed E-state index contributed by atoms with van der Waals surface area (Å²) in [5.74, 6) is 0.759. The summed E-state index contributed by atoms with van der Waals surface area (Å²) in [4.78, 5) is 0. The molecule has 2 aromatic carbocycles. The number of unbranched alkanes of at least 4 members (excludes halogenated alkanes) is 29. The van der Waals surface area contributed by atoms with Gasteiger partial charge in [-0.25, -0.2) is 0 Å². The van der Waals surface area contributed by atoms with Gasteiger partial charge in [-0.15, -0.1) is 0 Å². The molecule has 0 aromatic heterocycles.